The number of carbonyl (C=O) groups is 2. The van der Waals surface area contributed by atoms with Crippen LogP contribution in [0.3, 0.4) is 0 Å². The van der Waals surface area contributed by atoms with Crippen LogP contribution in [-0.2, 0) is 28.2 Å². The number of rotatable bonds is 35. The van der Waals surface area contributed by atoms with Gasteiger partial charge in [-0.2, -0.15) is 0 Å². The van der Waals surface area contributed by atoms with E-state index in [2.05, 4.69) is 30.5 Å². The third-order valence-corrected chi connectivity index (χ3v) is 8.75. The molecule has 0 spiro atoms. The molecule has 272 valence electrons. The van der Waals surface area contributed by atoms with Crippen molar-refractivity contribution in [3.05, 3.63) is 12.2 Å². The van der Waals surface area contributed by atoms with Crippen molar-refractivity contribution in [2.75, 3.05) is 13.2 Å². The first-order chi connectivity index (χ1) is 22.3. The van der Waals surface area contributed by atoms with Gasteiger partial charge in [0.1, 0.15) is 6.61 Å². The maximum Gasteiger partial charge on any atom is 0.306 e. The standard InChI is InChI=1S/C37H71O8P/c1-3-5-7-9-11-13-15-17-18-20-22-24-26-28-30-32-37(39)45-35(34-44-46(40,41)42)33-43-36(38)31-29-27-25-23-21-19-16-14-12-10-8-6-4-2/h17-18,35H,3-16,19-34H2,1-2H3,(H2,40,41,42)/p-1/b18-17+. The largest absolute Gasteiger partial charge is 0.756 e. The highest BCUT2D eigenvalue weighted by atomic mass is 31.2. The lowest BCUT2D eigenvalue weighted by Gasteiger charge is -2.21. The lowest BCUT2D eigenvalue weighted by atomic mass is 10.0. The van der Waals surface area contributed by atoms with Crippen molar-refractivity contribution >= 4 is 19.8 Å². The van der Waals surface area contributed by atoms with Crippen LogP contribution in [0.2, 0.25) is 0 Å². The van der Waals surface area contributed by atoms with E-state index in [9.17, 15) is 19.0 Å². The summed E-state index contributed by atoms with van der Waals surface area (Å²) in [4.78, 5) is 44.5. The van der Waals surface area contributed by atoms with E-state index >= 15 is 0 Å². The van der Waals surface area contributed by atoms with Crippen molar-refractivity contribution in [3.63, 3.8) is 0 Å². The zero-order chi connectivity index (χ0) is 34.0. The summed E-state index contributed by atoms with van der Waals surface area (Å²) in [7, 11) is -4.99. The van der Waals surface area contributed by atoms with Crippen LogP contribution >= 0.6 is 7.82 Å². The molecule has 0 radical (unpaired) electrons. The van der Waals surface area contributed by atoms with E-state index in [-0.39, 0.29) is 19.4 Å². The predicted molar refractivity (Wildman–Crippen MR) is 186 cm³/mol. The third-order valence-electron chi connectivity index (χ3n) is 8.28. The van der Waals surface area contributed by atoms with Crippen molar-refractivity contribution in [3.8, 4) is 0 Å². The molecule has 0 rings (SSSR count). The van der Waals surface area contributed by atoms with Gasteiger partial charge in [-0.25, -0.2) is 0 Å². The van der Waals surface area contributed by atoms with E-state index < -0.39 is 32.5 Å². The van der Waals surface area contributed by atoms with Gasteiger partial charge in [0.05, 0.1) is 6.61 Å². The number of hydrogen-bond acceptors (Lipinski definition) is 7. The molecule has 8 nitrogen and oxygen atoms in total. The van der Waals surface area contributed by atoms with E-state index in [0.717, 1.165) is 51.4 Å². The van der Waals surface area contributed by atoms with Gasteiger partial charge in [0.15, 0.2) is 6.10 Å². The normalized spacial score (nSPS) is 13.6. The lowest BCUT2D eigenvalue weighted by Crippen LogP contribution is -2.30. The zero-order valence-corrected chi connectivity index (χ0v) is 30.6. The summed E-state index contributed by atoms with van der Waals surface area (Å²) in [6, 6.07) is 0. The van der Waals surface area contributed by atoms with Crippen molar-refractivity contribution in [2.24, 2.45) is 0 Å². The Hall–Kier alpha value is -1.21. The second kappa shape index (κ2) is 33.7. The molecular weight excluding hydrogens is 603 g/mol. The quantitative estimate of drug-likeness (QED) is 0.0305. The molecule has 0 aromatic carbocycles. The predicted octanol–water partition coefficient (Wildman–Crippen LogP) is 10.4. The smallest absolute Gasteiger partial charge is 0.306 e. The minimum Gasteiger partial charge on any atom is -0.756 e. The summed E-state index contributed by atoms with van der Waals surface area (Å²) < 4.78 is 26.0. The van der Waals surface area contributed by atoms with Crippen molar-refractivity contribution in [2.45, 2.75) is 200 Å². The topological polar surface area (TPSA) is 122 Å². The third kappa shape index (κ3) is 35.6. The van der Waals surface area contributed by atoms with E-state index in [0.29, 0.717) is 6.42 Å². The number of phosphoric ester groups is 1. The van der Waals surface area contributed by atoms with Gasteiger partial charge in [-0.05, 0) is 38.5 Å². The first-order valence-electron chi connectivity index (χ1n) is 19.0. The van der Waals surface area contributed by atoms with Crippen LogP contribution in [0, 0.1) is 0 Å². The fourth-order valence-electron chi connectivity index (χ4n) is 5.42. The van der Waals surface area contributed by atoms with Gasteiger partial charge in [-0.3, -0.25) is 14.2 Å². The van der Waals surface area contributed by atoms with Gasteiger partial charge in [0.2, 0.25) is 0 Å². The summed E-state index contributed by atoms with van der Waals surface area (Å²) in [5, 5.41) is 0. The minimum absolute atomic E-state index is 0.190. The van der Waals surface area contributed by atoms with Crippen LogP contribution in [0.1, 0.15) is 194 Å². The molecule has 1 N–H and O–H groups in total. The highest BCUT2D eigenvalue weighted by Gasteiger charge is 2.19. The van der Waals surface area contributed by atoms with Gasteiger partial charge in [0.25, 0.3) is 7.82 Å². The average Bonchev–Trinajstić information content (AvgIpc) is 3.02. The van der Waals surface area contributed by atoms with Crippen molar-refractivity contribution in [1.82, 2.24) is 0 Å². The second-order valence-corrected chi connectivity index (χ2v) is 14.1. The molecule has 0 fully saturated rings. The molecule has 0 aliphatic carbocycles. The molecule has 46 heavy (non-hydrogen) atoms. The highest BCUT2D eigenvalue weighted by Crippen LogP contribution is 2.30. The second-order valence-electron chi connectivity index (χ2n) is 12.9. The highest BCUT2D eigenvalue weighted by molar-refractivity contribution is 7.44. The zero-order valence-electron chi connectivity index (χ0n) is 29.7. The van der Waals surface area contributed by atoms with Crippen LogP contribution in [0.4, 0.5) is 0 Å². The molecular formula is C37H70O8P-. The molecule has 2 unspecified atom stereocenters. The molecule has 0 bridgehead atoms. The Morgan fingerprint density at radius 2 is 0.957 bits per heavy atom. The molecule has 0 saturated carbocycles. The molecule has 0 aliphatic rings. The van der Waals surface area contributed by atoms with Crippen molar-refractivity contribution in [1.29, 1.82) is 0 Å². The lowest BCUT2D eigenvalue weighted by molar-refractivity contribution is -0.223. The van der Waals surface area contributed by atoms with Gasteiger partial charge in [0, 0.05) is 12.8 Å². The Labute approximate surface area is 282 Å². The van der Waals surface area contributed by atoms with E-state index in [1.54, 1.807) is 0 Å². The first kappa shape index (κ1) is 44.8. The van der Waals surface area contributed by atoms with Gasteiger partial charge in [-0.15, -0.1) is 0 Å². The number of phosphoric acid groups is 1. The Bertz CT molecular complexity index is 766. The van der Waals surface area contributed by atoms with Crippen molar-refractivity contribution < 1.29 is 37.9 Å². The summed E-state index contributed by atoms with van der Waals surface area (Å²) in [6.45, 7) is 3.58. The van der Waals surface area contributed by atoms with Gasteiger partial charge < -0.3 is 23.8 Å². The number of ether oxygens (including phenoxy) is 2. The van der Waals surface area contributed by atoms with Crippen LogP contribution in [0.15, 0.2) is 12.2 Å². The molecule has 0 amide bonds. The molecule has 0 aliphatic heterocycles. The van der Waals surface area contributed by atoms with Gasteiger partial charge >= 0.3 is 11.9 Å². The summed E-state index contributed by atoms with van der Waals surface area (Å²) in [5.41, 5.74) is 0. The maximum atomic E-state index is 12.3. The summed E-state index contributed by atoms with van der Waals surface area (Å²) in [6.07, 6.45) is 34.8. The van der Waals surface area contributed by atoms with E-state index in [4.69, 9.17) is 14.4 Å². The van der Waals surface area contributed by atoms with Crippen LogP contribution in [0.5, 0.6) is 0 Å². The number of unbranched alkanes of at least 4 members (excludes halogenated alkanes) is 23. The Morgan fingerprint density at radius 3 is 1.37 bits per heavy atom. The minimum atomic E-state index is -4.99. The van der Waals surface area contributed by atoms with E-state index in [1.807, 2.05) is 0 Å². The number of allylic oxidation sites excluding steroid dienone is 2. The Balaban J connectivity index is 3.96. The number of carbonyl (C=O) groups excluding carboxylic acids is 2. The average molecular weight is 674 g/mol. The molecule has 2 atom stereocenters. The summed E-state index contributed by atoms with van der Waals surface area (Å²) >= 11 is 0. The van der Waals surface area contributed by atoms with Gasteiger partial charge in [-0.1, -0.05) is 154 Å². The Kier molecular flexibility index (Phi) is 32.8. The number of hydrogen-bond donors (Lipinski definition) is 1. The monoisotopic (exact) mass is 673 g/mol. The molecule has 0 heterocycles. The van der Waals surface area contributed by atoms with Crippen LogP contribution in [0.25, 0.3) is 0 Å². The molecule has 0 aromatic heterocycles. The first-order valence-corrected chi connectivity index (χ1v) is 20.5. The number of esters is 2. The summed E-state index contributed by atoms with van der Waals surface area (Å²) in [5.74, 6) is -0.923. The fraction of sp³-hybridized carbons (Fsp3) is 0.892. The fourth-order valence-corrected chi connectivity index (χ4v) is 5.78. The molecule has 9 heteroatoms. The molecule has 0 saturated heterocycles. The van der Waals surface area contributed by atoms with Crippen LogP contribution in [-0.4, -0.2) is 36.1 Å². The van der Waals surface area contributed by atoms with E-state index in [1.165, 1.54) is 109 Å². The molecule has 0 aromatic rings. The SMILES string of the molecule is CCCCCCCC/C=C/CCCCCCCC(=O)OC(COC(=O)CCCCCCCCCCCCCCC)COP(=O)([O-])O. The van der Waals surface area contributed by atoms with Crippen LogP contribution < -0.4 is 4.89 Å². The maximum absolute atomic E-state index is 12.3. The Morgan fingerprint density at radius 1 is 0.587 bits per heavy atom.